The van der Waals surface area contributed by atoms with Crippen molar-refractivity contribution >= 4 is 23.3 Å². The molecule has 0 aromatic heterocycles. The lowest BCUT2D eigenvalue weighted by atomic mass is 9.76. The summed E-state index contributed by atoms with van der Waals surface area (Å²) in [5.41, 5.74) is -1.02. The normalized spacial score (nSPS) is 35.0. The summed E-state index contributed by atoms with van der Waals surface area (Å²) in [5, 5.41) is 67.8. The summed E-state index contributed by atoms with van der Waals surface area (Å²) in [7, 11) is 0. The molecule has 2 aliphatic heterocycles. The Labute approximate surface area is 268 Å². The van der Waals surface area contributed by atoms with Crippen LogP contribution in [0.25, 0.3) is 0 Å². The number of allylic oxidation sites excluding steroid dienone is 5. The summed E-state index contributed by atoms with van der Waals surface area (Å²) in [6.07, 6.45) is 1.87. The van der Waals surface area contributed by atoms with Gasteiger partial charge in [-0.1, -0.05) is 52.0 Å². The Morgan fingerprint density at radius 1 is 0.761 bits per heavy atom. The SMILES string of the molecule is C/C1=C/C=C/[C@H](C)[C@H](O)[C@@H](C)[C@@H](O)[C@H](C)[C@H](O)[C@@H](C)[C@@H](O)C(CO)/C=C(/C)C(=O)c2c(O)c(C)cc3c2C(=O)C=C(NC1=O)C3=O. The Bertz CT molecular complexity index is 1520. The van der Waals surface area contributed by atoms with Gasteiger partial charge in [-0.3, -0.25) is 19.2 Å². The molecule has 46 heavy (non-hydrogen) atoms. The van der Waals surface area contributed by atoms with Crippen molar-refractivity contribution in [3.63, 3.8) is 0 Å². The molecule has 11 heteroatoms. The molecule has 3 aliphatic rings. The van der Waals surface area contributed by atoms with Crippen LogP contribution in [0, 0.1) is 36.5 Å². The van der Waals surface area contributed by atoms with Gasteiger partial charge in [0, 0.05) is 52.4 Å². The summed E-state index contributed by atoms with van der Waals surface area (Å²) in [4.78, 5) is 53.5. The average molecular weight is 640 g/mol. The predicted molar refractivity (Wildman–Crippen MR) is 170 cm³/mol. The number of hydrogen-bond donors (Lipinski definition) is 7. The van der Waals surface area contributed by atoms with E-state index in [-0.39, 0.29) is 33.5 Å². The van der Waals surface area contributed by atoms with E-state index in [4.69, 9.17) is 0 Å². The number of aliphatic hydroxyl groups excluding tert-OH is 5. The number of phenolic OH excluding ortho intramolecular Hbond substituents is 1. The van der Waals surface area contributed by atoms with Gasteiger partial charge in [0.1, 0.15) is 5.75 Å². The quantitative estimate of drug-likeness (QED) is 0.239. The molecule has 0 saturated heterocycles. The molecule has 1 aliphatic carbocycles. The molecule has 11 nitrogen and oxygen atoms in total. The van der Waals surface area contributed by atoms with E-state index >= 15 is 0 Å². The Balaban J connectivity index is 2.19. The maximum absolute atomic E-state index is 13.7. The molecular formula is C35H45NO10. The predicted octanol–water partition coefficient (Wildman–Crippen LogP) is 2.32. The number of phenols is 1. The first-order valence-corrected chi connectivity index (χ1v) is 15.3. The van der Waals surface area contributed by atoms with Crippen molar-refractivity contribution < 1.29 is 49.8 Å². The fraction of sp³-hybridized carbons (Fsp3) is 0.486. The van der Waals surface area contributed by atoms with Gasteiger partial charge in [-0.15, -0.1) is 0 Å². The van der Waals surface area contributed by atoms with Crippen molar-refractivity contribution in [2.24, 2.45) is 29.6 Å². The molecule has 1 aromatic rings. The van der Waals surface area contributed by atoms with Crippen molar-refractivity contribution in [3.8, 4) is 5.75 Å². The Morgan fingerprint density at radius 2 is 1.33 bits per heavy atom. The second-order valence-corrected chi connectivity index (χ2v) is 12.7. The van der Waals surface area contributed by atoms with Gasteiger partial charge in [0.2, 0.25) is 5.78 Å². The lowest BCUT2D eigenvalue weighted by Gasteiger charge is -2.37. The molecule has 7 N–H and O–H groups in total. The zero-order chi connectivity index (χ0) is 34.8. The van der Waals surface area contributed by atoms with Crippen LogP contribution in [0.3, 0.4) is 0 Å². The second kappa shape index (κ2) is 14.8. The van der Waals surface area contributed by atoms with Gasteiger partial charge < -0.3 is 36.0 Å². The number of carbonyl (C=O) groups excluding carboxylic acids is 4. The molecule has 1 amide bonds. The van der Waals surface area contributed by atoms with E-state index in [2.05, 4.69) is 5.32 Å². The van der Waals surface area contributed by atoms with Gasteiger partial charge >= 0.3 is 0 Å². The fourth-order valence-electron chi connectivity index (χ4n) is 6.04. The monoisotopic (exact) mass is 639 g/mol. The van der Waals surface area contributed by atoms with Crippen molar-refractivity contribution in [3.05, 3.63) is 75.5 Å². The molecule has 250 valence electrons. The molecule has 0 spiro atoms. The second-order valence-electron chi connectivity index (χ2n) is 12.7. The average Bonchev–Trinajstić information content (AvgIpc) is 3.03. The summed E-state index contributed by atoms with van der Waals surface area (Å²) in [5.74, 6) is -7.57. The number of rotatable bonds is 1. The van der Waals surface area contributed by atoms with Gasteiger partial charge in [0.15, 0.2) is 11.6 Å². The highest BCUT2D eigenvalue weighted by molar-refractivity contribution is 6.30. The van der Waals surface area contributed by atoms with Crippen LogP contribution in [-0.2, 0) is 4.79 Å². The number of fused-ring (bicyclic) bond motifs is 15. The summed E-state index contributed by atoms with van der Waals surface area (Å²) in [6.45, 7) is 10.1. The third-order valence-electron chi connectivity index (χ3n) is 9.34. The van der Waals surface area contributed by atoms with Crippen LogP contribution < -0.4 is 5.32 Å². The van der Waals surface area contributed by atoms with E-state index in [1.54, 1.807) is 32.9 Å². The van der Waals surface area contributed by atoms with E-state index in [0.29, 0.717) is 0 Å². The number of Topliss-reactive ketones (excluding diaryl/α,β-unsaturated/α-hetero) is 2. The summed E-state index contributed by atoms with van der Waals surface area (Å²) >= 11 is 0. The molecule has 4 rings (SSSR count). The Hall–Kier alpha value is -3.74. The number of aryl methyl sites for hydroxylation is 1. The first-order valence-electron chi connectivity index (χ1n) is 15.3. The van der Waals surface area contributed by atoms with E-state index in [0.717, 1.165) is 6.08 Å². The zero-order valence-corrected chi connectivity index (χ0v) is 27.2. The minimum atomic E-state index is -1.39. The molecule has 4 bridgehead atoms. The molecule has 0 radical (unpaired) electrons. The highest BCUT2D eigenvalue weighted by Gasteiger charge is 2.39. The minimum Gasteiger partial charge on any atom is -0.507 e. The third kappa shape index (κ3) is 7.29. The van der Waals surface area contributed by atoms with E-state index in [1.165, 1.54) is 45.9 Å². The lowest BCUT2D eigenvalue weighted by molar-refractivity contribution is -0.116. The van der Waals surface area contributed by atoms with Crippen LogP contribution >= 0.6 is 0 Å². The molecule has 9 atom stereocenters. The molecular weight excluding hydrogens is 594 g/mol. The van der Waals surface area contributed by atoms with Gasteiger partial charge in [0.05, 0.1) is 42.3 Å². The van der Waals surface area contributed by atoms with Gasteiger partial charge in [-0.05, 0) is 38.0 Å². The molecule has 1 aromatic carbocycles. The molecule has 2 heterocycles. The molecule has 1 unspecified atom stereocenters. The molecule has 0 fully saturated rings. The third-order valence-corrected chi connectivity index (χ3v) is 9.34. The van der Waals surface area contributed by atoms with Crippen LogP contribution in [0.15, 0.2) is 53.3 Å². The fourth-order valence-corrected chi connectivity index (χ4v) is 6.04. The highest BCUT2D eigenvalue weighted by atomic mass is 16.3. The van der Waals surface area contributed by atoms with Gasteiger partial charge in [-0.2, -0.15) is 0 Å². The number of benzene rings is 1. The number of nitrogens with one attached hydrogen (secondary N) is 1. The smallest absolute Gasteiger partial charge is 0.251 e. The van der Waals surface area contributed by atoms with Gasteiger partial charge in [0.25, 0.3) is 5.91 Å². The van der Waals surface area contributed by atoms with E-state index in [9.17, 15) is 49.8 Å². The van der Waals surface area contributed by atoms with Crippen molar-refractivity contribution in [1.82, 2.24) is 5.32 Å². The Morgan fingerprint density at radius 3 is 1.91 bits per heavy atom. The Kier molecular flexibility index (Phi) is 11.8. The number of hydrogen-bond acceptors (Lipinski definition) is 10. The number of ketones is 3. The van der Waals surface area contributed by atoms with Gasteiger partial charge in [-0.25, -0.2) is 0 Å². The van der Waals surface area contributed by atoms with Crippen molar-refractivity contribution in [2.75, 3.05) is 6.61 Å². The van der Waals surface area contributed by atoms with Crippen LogP contribution in [0.2, 0.25) is 0 Å². The highest BCUT2D eigenvalue weighted by Crippen LogP contribution is 2.35. The van der Waals surface area contributed by atoms with Crippen LogP contribution in [0.5, 0.6) is 5.75 Å². The van der Waals surface area contributed by atoms with Crippen LogP contribution in [0.1, 0.15) is 78.2 Å². The van der Waals surface area contributed by atoms with E-state index in [1.807, 2.05) is 0 Å². The summed E-state index contributed by atoms with van der Waals surface area (Å²) in [6, 6.07) is 1.26. The summed E-state index contributed by atoms with van der Waals surface area (Å²) < 4.78 is 0. The topological polar surface area (TPSA) is 202 Å². The number of aromatic hydroxyl groups is 1. The van der Waals surface area contributed by atoms with Crippen LogP contribution in [0.4, 0.5) is 0 Å². The largest absolute Gasteiger partial charge is 0.507 e. The first-order chi connectivity index (χ1) is 21.4. The zero-order valence-electron chi connectivity index (χ0n) is 27.2. The van der Waals surface area contributed by atoms with Crippen molar-refractivity contribution in [1.29, 1.82) is 0 Å². The van der Waals surface area contributed by atoms with Crippen molar-refractivity contribution in [2.45, 2.75) is 72.9 Å². The number of carbonyl (C=O) groups is 4. The molecule has 0 saturated carbocycles. The maximum atomic E-state index is 13.7. The number of aliphatic hydroxyl groups is 5. The maximum Gasteiger partial charge on any atom is 0.251 e. The standard InChI is InChI=1S/C35H45NO10/c1-15-9-8-10-16(2)35(46)36-24-13-25(38)26-23(34(24)45)12-18(4)30(41)27(26)29(40)17(3)11-22(14-37)33(44)21(7)32(43)20(6)31(42)19(5)28(15)39/h8-13,15,19-22,28,31-33,37,39,41-44H,14H2,1-7H3,(H,36,46)/b9-8+,16-10-,17-11-/t15-,19+,20-,21+,22?,28-,31+,32-,33+/m0/s1. The minimum absolute atomic E-state index is 0.0586. The van der Waals surface area contributed by atoms with E-state index < -0.39 is 95.2 Å². The lowest BCUT2D eigenvalue weighted by Crippen LogP contribution is -2.46. The first kappa shape index (κ1) is 36.7. The van der Waals surface area contributed by atoms with Crippen LogP contribution in [-0.4, -0.2) is 84.9 Å². The number of amides is 1.